The number of carbonyl (C=O) groups is 3. The van der Waals surface area contributed by atoms with Gasteiger partial charge in [0, 0.05) is 48.0 Å². The van der Waals surface area contributed by atoms with Crippen molar-refractivity contribution in [3.63, 3.8) is 0 Å². The fourth-order valence-electron chi connectivity index (χ4n) is 8.44. The minimum atomic E-state index is -3.50. The molecule has 4 aromatic heterocycles. The van der Waals surface area contributed by atoms with Gasteiger partial charge in [-0.25, -0.2) is 45.4 Å². The Morgan fingerprint density at radius 2 is 1.06 bits per heavy atom. The van der Waals surface area contributed by atoms with Gasteiger partial charge in [-0.2, -0.15) is 10.2 Å². The molecule has 0 saturated carbocycles. The van der Waals surface area contributed by atoms with Gasteiger partial charge in [0.25, 0.3) is 5.91 Å². The highest BCUT2D eigenvalue weighted by atomic mass is 32.2. The Balaban J connectivity index is 0.000000184. The number of benzene rings is 2. The average molecular weight is 1000 g/mol. The molecule has 2 aliphatic rings. The molecule has 0 bridgehead atoms. The van der Waals surface area contributed by atoms with Crippen LogP contribution in [0, 0.1) is 41.5 Å². The number of hydrogen-bond acceptors (Lipinski definition) is 12. The van der Waals surface area contributed by atoms with E-state index in [0.717, 1.165) is 108 Å². The Labute approximate surface area is 409 Å². The molecule has 376 valence electrons. The van der Waals surface area contributed by atoms with Crippen LogP contribution in [0.15, 0.2) is 60.7 Å². The molecule has 6 heterocycles. The maximum Gasteiger partial charge on any atom is 0.410 e. The summed E-state index contributed by atoms with van der Waals surface area (Å²) in [6, 6.07) is 16.2. The van der Waals surface area contributed by atoms with Crippen LogP contribution < -0.4 is 9.44 Å². The Kier molecular flexibility index (Phi) is 16.0. The first kappa shape index (κ1) is 52.8. The third-order valence-corrected chi connectivity index (χ3v) is 13.5. The number of ether oxygens (including phenoxy) is 1. The van der Waals surface area contributed by atoms with Gasteiger partial charge in [-0.05, 0) is 136 Å². The Morgan fingerprint density at radius 3 is 1.50 bits per heavy atom. The van der Waals surface area contributed by atoms with Crippen LogP contribution in [0.2, 0.25) is 0 Å². The van der Waals surface area contributed by atoms with Crippen molar-refractivity contribution in [1.82, 2.24) is 39.0 Å². The molecule has 2 amide bonds. The number of fused-ring (bicyclic) bond motifs is 2. The van der Waals surface area contributed by atoms with Gasteiger partial charge in [-0.3, -0.25) is 19.1 Å². The number of aromatic carboxylic acids is 1. The molecule has 70 heavy (non-hydrogen) atoms. The summed E-state index contributed by atoms with van der Waals surface area (Å²) in [5.41, 5.74) is 9.80. The zero-order chi connectivity index (χ0) is 51.5. The van der Waals surface area contributed by atoms with Crippen LogP contribution in [-0.2, 0) is 24.8 Å². The number of nitrogens with zero attached hydrogens (tertiary/aromatic N) is 8. The van der Waals surface area contributed by atoms with Gasteiger partial charge in [-0.1, -0.05) is 24.3 Å². The minimum absolute atomic E-state index is 0.0506. The number of nitrogens with one attached hydrogen (secondary N) is 2. The summed E-state index contributed by atoms with van der Waals surface area (Å²) in [5, 5.41) is 18.3. The monoisotopic (exact) mass is 1000 g/mol. The van der Waals surface area contributed by atoms with E-state index in [1.165, 1.54) is 18.2 Å². The number of carbonyl (C=O) groups excluding carboxylic acids is 2. The fraction of sp³-hybridized carbons (Fsp3) is 0.449. The van der Waals surface area contributed by atoms with Crippen molar-refractivity contribution in [1.29, 1.82) is 0 Å². The number of carboxylic acid groups (broad SMARTS) is 1. The van der Waals surface area contributed by atoms with Gasteiger partial charge >= 0.3 is 12.1 Å². The van der Waals surface area contributed by atoms with Crippen molar-refractivity contribution < 1.29 is 41.1 Å². The van der Waals surface area contributed by atoms with Crippen molar-refractivity contribution in [2.75, 3.05) is 35.0 Å². The normalized spacial score (nSPS) is 16.4. The van der Waals surface area contributed by atoms with Crippen molar-refractivity contribution in [3.05, 3.63) is 117 Å². The highest BCUT2D eigenvalue weighted by molar-refractivity contribution is 7.92. The van der Waals surface area contributed by atoms with Crippen molar-refractivity contribution in [2.45, 2.75) is 119 Å². The number of sulfonamides is 2. The summed E-state index contributed by atoms with van der Waals surface area (Å²) in [6.45, 7) is 19.2. The number of rotatable bonds is 8. The number of likely N-dealkylation sites (tertiary alicyclic amines) is 2. The molecular weight excluding hydrogens is 937 g/mol. The molecule has 0 aliphatic carbocycles. The summed E-state index contributed by atoms with van der Waals surface area (Å²) in [6.07, 6.45) is 7.46. The maximum absolute atomic E-state index is 13.5. The second kappa shape index (κ2) is 21.2. The number of aromatic nitrogens is 6. The number of anilines is 2. The number of para-hydroxylation sites is 2. The molecule has 8 rings (SSSR count). The second-order valence-corrected chi connectivity index (χ2v) is 22.3. The van der Waals surface area contributed by atoms with Gasteiger partial charge in [0.2, 0.25) is 20.0 Å². The standard InChI is InChI=1S/C22H27N5O3S.C19H28N4O2.C8H9NO4S/c1-14-15(2)23-21-13-19(24-27(21)16(14)3)20-11-7-8-12-26(20)22(28)17-9-5-6-10-18(17)25-31(4,29)30;1-12-13(2)20-17-11-15(21-23(17)14(12)3)16-9-7-8-10-22(16)18(24)25-19(4,5)6;1-14(12,13)9-7-5-3-2-4-6(7)8(10)11/h5-6,9-10,13,20,25H,7-8,11-12H2,1-4H3;11,16H,7-10H2,1-6H3;2-5,9H,1H3,(H,10,11)/t20-;16-;/m00./s1. The Morgan fingerprint density at radius 1 is 0.643 bits per heavy atom. The Bertz CT molecular complexity index is 3160. The molecule has 2 aromatic carbocycles. The van der Waals surface area contributed by atoms with E-state index in [1.54, 1.807) is 30.3 Å². The smallest absolute Gasteiger partial charge is 0.410 e. The topological polar surface area (TPSA) is 240 Å². The molecule has 0 unspecified atom stereocenters. The zero-order valence-corrected chi connectivity index (χ0v) is 43.3. The van der Waals surface area contributed by atoms with Gasteiger partial charge in [0.05, 0.1) is 58.5 Å². The van der Waals surface area contributed by atoms with Crippen molar-refractivity contribution in [3.8, 4) is 0 Å². The van der Waals surface area contributed by atoms with Crippen LogP contribution in [0.4, 0.5) is 16.2 Å². The summed E-state index contributed by atoms with van der Waals surface area (Å²) < 4.78 is 59.2. The van der Waals surface area contributed by atoms with Gasteiger partial charge in [0.1, 0.15) is 5.60 Å². The van der Waals surface area contributed by atoms with Gasteiger partial charge in [-0.15, -0.1) is 0 Å². The summed E-state index contributed by atoms with van der Waals surface area (Å²) >= 11 is 0. The highest BCUT2D eigenvalue weighted by Gasteiger charge is 2.34. The van der Waals surface area contributed by atoms with Gasteiger partial charge < -0.3 is 14.7 Å². The van der Waals surface area contributed by atoms with Crippen LogP contribution >= 0.6 is 0 Å². The molecule has 2 fully saturated rings. The first-order valence-corrected chi connectivity index (χ1v) is 26.9. The zero-order valence-electron chi connectivity index (χ0n) is 41.7. The second-order valence-electron chi connectivity index (χ2n) is 18.8. The van der Waals surface area contributed by atoms with E-state index >= 15 is 0 Å². The number of carboxylic acids is 1. The number of hydrogen-bond donors (Lipinski definition) is 3. The van der Waals surface area contributed by atoms with Crippen LogP contribution in [0.1, 0.15) is 137 Å². The lowest BCUT2D eigenvalue weighted by Gasteiger charge is -2.35. The van der Waals surface area contributed by atoms with E-state index in [9.17, 15) is 31.2 Å². The van der Waals surface area contributed by atoms with Crippen LogP contribution in [0.25, 0.3) is 11.3 Å². The number of amides is 2. The van der Waals surface area contributed by atoms with E-state index in [4.69, 9.17) is 20.0 Å². The Hall–Kier alpha value is -6.61. The van der Waals surface area contributed by atoms with Crippen LogP contribution in [-0.4, -0.2) is 110 Å². The van der Waals surface area contributed by atoms with E-state index in [-0.39, 0.29) is 41.0 Å². The lowest BCUT2D eigenvalue weighted by Crippen LogP contribution is -2.42. The van der Waals surface area contributed by atoms with Crippen molar-refractivity contribution >= 4 is 60.7 Å². The van der Waals surface area contributed by atoms with Crippen molar-refractivity contribution in [2.24, 2.45) is 0 Å². The summed E-state index contributed by atoms with van der Waals surface area (Å²) in [4.78, 5) is 49.8. The first-order chi connectivity index (χ1) is 32.7. The number of piperidine rings is 2. The van der Waals surface area contributed by atoms with E-state index < -0.39 is 31.6 Å². The highest BCUT2D eigenvalue weighted by Crippen LogP contribution is 2.35. The molecule has 2 saturated heterocycles. The molecule has 3 N–H and O–H groups in total. The number of aryl methyl sites for hydroxylation is 4. The van der Waals surface area contributed by atoms with Crippen LogP contribution in [0.3, 0.4) is 0 Å². The lowest BCUT2D eigenvalue weighted by atomic mass is 9.98. The molecule has 0 spiro atoms. The minimum Gasteiger partial charge on any atom is -0.478 e. The lowest BCUT2D eigenvalue weighted by molar-refractivity contribution is 0.00893. The third-order valence-electron chi connectivity index (χ3n) is 12.3. The molecule has 21 heteroatoms. The fourth-order valence-corrected chi connectivity index (χ4v) is 9.60. The van der Waals surface area contributed by atoms with Crippen LogP contribution in [0.5, 0.6) is 0 Å². The molecular formula is C49H64N10O9S2. The largest absolute Gasteiger partial charge is 0.478 e. The first-order valence-electron chi connectivity index (χ1n) is 23.1. The SMILES string of the molecule is CS(=O)(=O)Nc1ccccc1C(=O)O.Cc1nc2cc([C@@H]3CCCCN3C(=O)OC(C)(C)C)nn2c(C)c1C.Cc1nc2cc([C@@H]3CCCCN3C(=O)c3ccccc3NS(C)(=O)=O)nn2c(C)c1C. The maximum atomic E-state index is 13.5. The van der Waals surface area contributed by atoms with E-state index in [1.807, 2.05) is 79.4 Å². The molecule has 0 radical (unpaired) electrons. The molecule has 6 aromatic rings. The summed E-state index contributed by atoms with van der Waals surface area (Å²) in [5.74, 6) is -1.37. The summed E-state index contributed by atoms with van der Waals surface area (Å²) in [7, 11) is -6.95. The third kappa shape index (κ3) is 12.8. The van der Waals surface area contributed by atoms with E-state index in [2.05, 4.69) is 33.3 Å². The predicted molar refractivity (Wildman–Crippen MR) is 268 cm³/mol. The molecule has 2 atom stereocenters. The molecule has 2 aliphatic heterocycles. The van der Waals surface area contributed by atoms with E-state index in [0.29, 0.717) is 18.7 Å². The molecule has 19 nitrogen and oxygen atoms in total. The quantitative estimate of drug-likeness (QED) is 0.130. The predicted octanol–water partition coefficient (Wildman–Crippen LogP) is 8.27. The van der Waals surface area contributed by atoms with Gasteiger partial charge in [0.15, 0.2) is 11.3 Å². The average Bonchev–Trinajstić information content (AvgIpc) is 3.91.